The Kier molecular flexibility index (Phi) is 11.2. The van der Waals surface area contributed by atoms with Gasteiger partial charge in [0.1, 0.15) is 23.2 Å². The number of benzene rings is 2. The fraction of sp³-hybridized carbons (Fsp3) is 0.400. The highest BCUT2D eigenvalue weighted by atomic mass is 32.1. The molecule has 4 heterocycles. The van der Waals surface area contributed by atoms with Crippen molar-refractivity contribution in [2.45, 2.75) is 90.3 Å². The molecule has 0 N–H and O–H groups in total. The minimum absolute atomic E-state index is 0.0271. The van der Waals surface area contributed by atoms with E-state index in [0.717, 1.165) is 82.3 Å². The molecule has 6 fully saturated rings. The predicted octanol–water partition coefficient (Wildman–Crippen LogP) is 9.28. The molecular formula is C60H54N4O8S2. The lowest BCUT2D eigenvalue weighted by Crippen LogP contribution is -2.42. The zero-order chi connectivity index (χ0) is 49.9. The summed E-state index contributed by atoms with van der Waals surface area (Å²) in [6.07, 6.45) is 19.4. The summed E-state index contributed by atoms with van der Waals surface area (Å²) in [6, 6.07) is 22.6. The maximum Gasteiger partial charge on any atom is 0.419 e. The largest absolute Gasteiger partial charge is 0.444 e. The second-order valence-corrected chi connectivity index (χ2v) is 24.2. The molecule has 10 unspecified atom stereocenters. The first-order valence-electron chi connectivity index (χ1n) is 26.7. The highest BCUT2D eigenvalue weighted by molar-refractivity contribution is 7.23. The molecule has 12 nitrogen and oxygen atoms in total. The predicted molar refractivity (Wildman–Crippen MR) is 285 cm³/mol. The van der Waals surface area contributed by atoms with Crippen LogP contribution in [-0.4, -0.2) is 55.9 Å². The SMILES string of the molecule is O=C1C(=Nc2cc3c(s2)c2c(n3C(=O)OCc3ccccc3)=CC3C=c4c(n(C(=O)OCc5ccccc5)c5cc(N=C6C(=O)C7CC8CCCCC8CC7C6=O)sc45)=CC3C=2)C(=O)C2CC3CCCCC3CC12. The fourth-order valence-electron chi connectivity index (χ4n) is 14.5. The maximum atomic E-state index is 14.5. The monoisotopic (exact) mass is 1020 g/mol. The molecule has 6 aromatic rings. The van der Waals surface area contributed by atoms with Crippen LogP contribution in [-0.2, 0) is 41.9 Å². The summed E-state index contributed by atoms with van der Waals surface area (Å²) in [5, 5.41) is 3.82. The van der Waals surface area contributed by atoms with E-state index in [-0.39, 0.29) is 83.3 Å². The zero-order valence-electron chi connectivity index (χ0n) is 40.8. The molecule has 374 valence electrons. The second kappa shape index (κ2) is 18.0. The smallest absolute Gasteiger partial charge is 0.419 e. The van der Waals surface area contributed by atoms with Crippen LogP contribution >= 0.6 is 22.7 Å². The van der Waals surface area contributed by atoms with Gasteiger partial charge in [0.05, 0.1) is 31.1 Å². The zero-order valence-corrected chi connectivity index (χ0v) is 42.4. The lowest BCUT2D eigenvalue weighted by Gasteiger charge is -2.39. The molecule has 8 aliphatic carbocycles. The summed E-state index contributed by atoms with van der Waals surface area (Å²) in [5.74, 6) is -0.445. The van der Waals surface area contributed by atoms with Gasteiger partial charge in [0.2, 0.25) is 0 Å². The molecule has 8 aliphatic rings. The van der Waals surface area contributed by atoms with Crippen molar-refractivity contribution in [3.8, 4) is 0 Å². The molecule has 10 atom stereocenters. The minimum Gasteiger partial charge on any atom is -0.444 e. The van der Waals surface area contributed by atoms with Crippen LogP contribution in [0.2, 0.25) is 0 Å². The quantitative estimate of drug-likeness (QED) is 0.160. The topological polar surface area (TPSA) is 155 Å². The fourth-order valence-corrected chi connectivity index (χ4v) is 16.6. The molecule has 0 spiro atoms. The standard InChI is InChI=1S/C60H54N4O8S2/c65-53-39-19-33-15-7-8-16-34(33)20-40(39)54(66)51(53)61-49-27-47-57(73-49)43-23-38-26-46-44(24-37(38)25-45(43)63(47)59(69)71-29-31-11-3-1-4-12-31)58-48(64(46)60(70)72-30-32-13-5-2-6-14-32)28-50(74-58)62-52-55(67)41-21-35-17-9-10-18-36(35)22-42(41)56(52)68/h1-6,11-14,23-28,33-42H,7-10,15-22,29-30H2. The van der Waals surface area contributed by atoms with Gasteiger partial charge in [-0.15, -0.1) is 22.7 Å². The summed E-state index contributed by atoms with van der Waals surface area (Å²) in [4.78, 5) is 94.6. The minimum atomic E-state index is -0.575. The first-order chi connectivity index (χ1) is 36.1. The summed E-state index contributed by atoms with van der Waals surface area (Å²) < 4.78 is 16.7. The number of hydrogen-bond acceptors (Lipinski definition) is 12. The van der Waals surface area contributed by atoms with Crippen molar-refractivity contribution in [1.82, 2.24) is 9.13 Å². The third-order valence-corrected chi connectivity index (χ3v) is 20.2. The summed E-state index contributed by atoms with van der Waals surface area (Å²) in [5.41, 5.74) is 2.86. The molecular weight excluding hydrogens is 969 g/mol. The number of rotatable bonds is 6. The number of ketones is 4. The van der Waals surface area contributed by atoms with Crippen LogP contribution in [0.15, 0.2) is 82.8 Å². The van der Waals surface area contributed by atoms with Crippen molar-refractivity contribution >= 4 is 124 Å². The number of carbonyl (C=O) groups is 6. The van der Waals surface area contributed by atoms with Crippen molar-refractivity contribution in [3.63, 3.8) is 0 Å². The first kappa shape index (κ1) is 45.9. The third kappa shape index (κ3) is 7.55. The van der Waals surface area contributed by atoms with Crippen LogP contribution in [0.4, 0.5) is 19.6 Å². The third-order valence-electron chi connectivity index (χ3n) is 18.1. The lowest BCUT2D eigenvalue weighted by molar-refractivity contribution is -0.123. The van der Waals surface area contributed by atoms with Gasteiger partial charge < -0.3 is 9.47 Å². The van der Waals surface area contributed by atoms with Gasteiger partial charge in [-0.05, 0) is 72.6 Å². The number of Topliss-reactive ketones (excluding diaryl/α,β-unsaturated/α-hetero) is 4. The molecule has 0 saturated heterocycles. The van der Waals surface area contributed by atoms with E-state index in [1.807, 2.05) is 60.7 Å². The van der Waals surface area contributed by atoms with Gasteiger partial charge in [0.15, 0.2) is 34.6 Å². The van der Waals surface area contributed by atoms with E-state index in [2.05, 4.69) is 24.3 Å². The normalized spacial score (nSPS) is 28.6. The Labute approximate surface area is 433 Å². The van der Waals surface area contributed by atoms with Gasteiger partial charge >= 0.3 is 12.2 Å². The summed E-state index contributed by atoms with van der Waals surface area (Å²) in [6.45, 7) is 0.104. The molecule has 74 heavy (non-hydrogen) atoms. The second-order valence-electron chi connectivity index (χ2n) is 22.1. The molecule has 0 amide bonds. The van der Waals surface area contributed by atoms with Crippen LogP contribution in [0.5, 0.6) is 0 Å². The molecule has 2 aromatic carbocycles. The van der Waals surface area contributed by atoms with E-state index in [0.29, 0.717) is 55.4 Å². The van der Waals surface area contributed by atoms with E-state index in [1.54, 1.807) is 21.3 Å². The van der Waals surface area contributed by atoms with Crippen LogP contribution in [0.25, 0.3) is 44.7 Å². The molecule has 0 radical (unpaired) electrons. The van der Waals surface area contributed by atoms with Gasteiger partial charge in [-0.3, -0.25) is 19.2 Å². The molecule has 4 aromatic heterocycles. The lowest BCUT2D eigenvalue weighted by atomic mass is 9.64. The summed E-state index contributed by atoms with van der Waals surface area (Å²) in [7, 11) is 0. The summed E-state index contributed by atoms with van der Waals surface area (Å²) >= 11 is 2.69. The van der Waals surface area contributed by atoms with Gasteiger partial charge in [0, 0.05) is 45.9 Å². The number of fused-ring (bicyclic) bond motifs is 11. The van der Waals surface area contributed by atoms with Gasteiger partial charge in [-0.2, -0.15) is 0 Å². The van der Waals surface area contributed by atoms with Crippen molar-refractivity contribution < 1.29 is 38.2 Å². The molecule has 0 aliphatic heterocycles. The van der Waals surface area contributed by atoms with Crippen molar-refractivity contribution in [2.75, 3.05) is 0 Å². The molecule has 14 heteroatoms. The van der Waals surface area contributed by atoms with Gasteiger partial charge in [0.25, 0.3) is 0 Å². The van der Waals surface area contributed by atoms with Gasteiger partial charge in [-0.1, -0.05) is 136 Å². The first-order valence-corrected chi connectivity index (χ1v) is 28.3. The number of hydrogen-bond donors (Lipinski definition) is 0. The molecule has 6 saturated carbocycles. The maximum absolute atomic E-state index is 14.5. The van der Waals surface area contributed by atoms with Crippen LogP contribution in [0.1, 0.15) is 88.2 Å². The van der Waals surface area contributed by atoms with Gasteiger partial charge in [-0.25, -0.2) is 28.7 Å². The number of thiophene rings is 2. The van der Waals surface area contributed by atoms with Crippen molar-refractivity contribution in [3.05, 3.63) is 105 Å². The Morgan fingerprint density at radius 3 is 1.20 bits per heavy atom. The van der Waals surface area contributed by atoms with E-state index in [1.165, 1.54) is 48.4 Å². The number of aliphatic imine (C=N–C) groups is 2. The number of nitrogens with zero attached hydrogens (tertiary/aromatic N) is 4. The van der Waals surface area contributed by atoms with Crippen LogP contribution < -0.4 is 21.1 Å². The average Bonchev–Trinajstić information content (AvgIpc) is 4.26. The molecule has 14 rings (SSSR count). The Bertz CT molecular complexity index is 3430. The van der Waals surface area contributed by atoms with E-state index in [4.69, 9.17) is 19.5 Å². The van der Waals surface area contributed by atoms with E-state index < -0.39 is 12.2 Å². The van der Waals surface area contributed by atoms with Crippen LogP contribution in [0, 0.1) is 59.2 Å². The van der Waals surface area contributed by atoms with Crippen LogP contribution in [0.3, 0.4) is 0 Å². The van der Waals surface area contributed by atoms with E-state index in [9.17, 15) is 28.8 Å². The molecule has 0 bridgehead atoms. The highest BCUT2D eigenvalue weighted by Gasteiger charge is 2.53. The highest BCUT2D eigenvalue weighted by Crippen LogP contribution is 2.50. The number of ether oxygens (including phenoxy) is 2. The van der Waals surface area contributed by atoms with E-state index >= 15 is 0 Å². The number of aromatic nitrogens is 2. The van der Waals surface area contributed by atoms with Crippen molar-refractivity contribution in [2.24, 2.45) is 69.2 Å². The Morgan fingerprint density at radius 1 is 0.500 bits per heavy atom. The Balaban J connectivity index is 0.865. The average molecular weight is 1020 g/mol. The Morgan fingerprint density at radius 2 is 0.851 bits per heavy atom. The van der Waals surface area contributed by atoms with Crippen molar-refractivity contribution in [1.29, 1.82) is 0 Å². The Hall–Kier alpha value is -6.64. The number of carbonyl (C=O) groups excluding carboxylic acids is 6.